The molecule has 8 heteroatoms. The summed E-state index contributed by atoms with van der Waals surface area (Å²) < 4.78 is 7.29. The van der Waals surface area contributed by atoms with Gasteiger partial charge in [-0.1, -0.05) is 35.5 Å². The maximum Gasteiger partial charge on any atom is 0.227 e. The van der Waals surface area contributed by atoms with Gasteiger partial charge in [0.1, 0.15) is 12.7 Å². The van der Waals surface area contributed by atoms with Crippen LogP contribution in [0.3, 0.4) is 0 Å². The number of aryl methyl sites for hydroxylation is 1. The summed E-state index contributed by atoms with van der Waals surface area (Å²) in [6.07, 6.45) is 6.16. The summed E-state index contributed by atoms with van der Waals surface area (Å²) in [4.78, 5) is 18.7. The van der Waals surface area contributed by atoms with Gasteiger partial charge in [0.2, 0.25) is 17.6 Å². The molecule has 3 heterocycles. The molecule has 0 spiro atoms. The van der Waals surface area contributed by atoms with Crippen molar-refractivity contribution in [2.75, 3.05) is 13.1 Å². The molecule has 1 saturated heterocycles. The zero-order valence-corrected chi connectivity index (χ0v) is 14.4. The Morgan fingerprint density at radius 2 is 1.85 bits per heavy atom. The highest BCUT2D eigenvalue weighted by atomic mass is 16.5. The van der Waals surface area contributed by atoms with Crippen molar-refractivity contribution in [2.24, 2.45) is 0 Å². The number of piperidine rings is 1. The fourth-order valence-corrected chi connectivity index (χ4v) is 3.24. The second-order valence-corrected chi connectivity index (χ2v) is 6.40. The number of carbonyl (C=O) groups is 1. The fourth-order valence-electron chi connectivity index (χ4n) is 3.24. The van der Waals surface area contributed by atoms with Crippen LogP contribution in [0.1, 0.15) is 31.2 Å². The van der Waals surface area contributed by atoms with Gasteiger partial charge in [0.15, 0.2) is 0 Å². The number of aromatic nitrogens is 5. The largest absolute Gasteiger partial charge is 0.343 e. The van der Waals surface area contributed by atoms with Crippen LogP contribution in [0, 0.1) is 0 Å². The molecule has 0 unspecified atom stereocenters. The lowest BCUT2D eigenvalue weighted by Gasteiger charge is -2.32. The first-order valence-electron chi connectivity index (χ1n) is 8.79. The van der Waals surface area contributed by atoms with E-state index >= 15 is 0 Å². The number of amides is 1. The zero-order chi connectivity index (χ0) is 17.8. The third kappa shape index (κ3) is 3.63. The van der Waals surface area contributed by atoms with Gasteiger partial charge in [-0.2, -0.15) is 4.98 Å². The number of hydrogen-bond donors (Lipinski definition) is 0. The van der Waals surface area contributed by atoms with Gasteiger partial charge in [0, 0.05) is 37.5 Å². The van der Waals surface area contributed by atoms with Crippen LogP contribution in [-0.4, -0.2) is 48.8 Å². The molecule has 8 nitrogen and oxygen atoms in total. The van der Waals surface area contributed by atoms with Crippen LogP contribution in [0.15, 0.2) is 47.5 Å². The first-order valence-corrected chi connectivity index (χ1v) is 8.79. The van der Waals surface area contributed by atoms with Gasteiger partial charge in [0.05, 0.1) is 0 Å². The summed E-state index contributed by atoms with van der Waals surface area (Å²) in [5.74, 6) is 1.19. The van der Waals surface area contributed by atoms with Crippen LogP contribution in [-0.2, 0) is 11.2 Å². The van der Waals surface area contributed by atoms with Crippen LogP contribution >= 0.6 is 0 Å². The first-order chi connectivity index (χ1) is 12.8. The van der Waals surface area contributed by atoms with Gasteiger partial charge in [-0.15, -0.1) is 10.2 Å². The topological polar surface area (TPSA) is 89.9 Å². The van der Waals surface area contributed by atoms with Crippen LogP contribution in [0.4, 0.5) is 0 Å². The molecule has 0 saturated carbocycles. The van der Waals surface area contributed by atoms with Crippen molar-refractivity contribution < 1.29 is 9.32 Å². The van der Waals surface area contributed by atoms with Crippen molar-refractivity contribution in [1.82, 2.24) is 29.8 Å². The molecule has 1 aliphatic rings. The quantitative estimate of drug-likeness (QED) is 0.699. The van der Waals surface area contributed by atoms with E-state index in [-0.39, 0.29) is 5.91 Å². The summed E-state index contributed by atoms with van der Waals surface area (Å²) in [5, 5.41) is 11.7. The second-order valence-electron chi connectivity index (χ2n) is 6.40. The minimum atomic E-state index is 0.131. The molecule has 3 aromatic rings. The third-order valence-corrected chi connectivity index (χ3v) is 4.73. The van der Waals surface area contributed by atoms with Crippen LogP contribution in [0.2, 0.25) is 0 Å². The Balaban J connectivity index is 1.28. The predicted octanol–water partition coefficient (Wildman–Crippen LogP) is 2.12. The minimum absolute atomic E-state index is 0.131. The molecule has 4 rings (SSSR count). The molecule has 0 radical (unpaired) electrons. The molecule has 1 fully saturated rings. The molecule has 2 aromatic heterocycles. The molecule has 0 N–H and O–H groups in total. The Bertz CT molecular complexity index is 838. The van der Waals surface area contributed by atoms with Gasteiger partial charge in [-0.25, -0.2) is 0 Å². The van der Waals surface area contributed by atoms with Crippen LogP contribution in [0.5, 0.6) is 0 Å². The molecule has 1 aromatic carbocycles. The number of carbonyl (C=O) groups excluding carboxylic acids is 1. The van der Waals surface area contributed by atoms with E-state index in [2.05, 4.69) is 20.3 Å². The highest BCUT2D eigenvalue weighted by Gasteiger charge is 2.24. The van der Waals surface area contributed by atoms with Gasteiger partial charge >= 0.3 is 0 Å². The lowest BCUT2D eigenvalue weighted by Crippen LogP contribution is -2.39. The van der Waals surface area contributed by atoms with Crippen molar-refractivity contribution in [1.29, 1.82) is 0 Å². The van der Waals surface area contributed by atoms with Gasteiger partial charge < -0.3 is 14.0 Å². The number of nitrogens with zero attached hydrogens (tertiary/aromatic N) is 6. The molecule has 1 aliphatic heterocycles. The Morgan fingerprint density at radius 1 is 1.12 bits per heavy atom. The van der Waals surface area contributed by atoms with E-state index < -0.39 is 0 Å². The smallest absolute Gasteiger partial charge is 0.227 e. The Morgan fingerprint density at radius 3 is 2.58 bits per heavy atom. The number of likely N-dealkylation sites (tertiary alicyclic amines) is 1. The zero-order valence-electron chi connectivity index (χ0n) is 14.4. The summed E-state index contributed by atoms with van der Waals surface area (Å²) in [6, 6.07) is 10.0. The van der Waals surface area contributed by atoms with E-state index in [0.717, 1.165) is 31.5 Å². The molecule has 26 heavy (non-hydrogen) atoms. The van der Waals surface area contributed by atoms with E-state index in [1.165, 1.54) is 0 Å². The average Bonchev–Trinajstić information content (AvgIpc) is 3.39. The molecular weight excluding hydrogens is 332 g/mol. The lowest BCUT2D eigenvalue weighted by molar-refractivity contribution is -0.132. The summed E-state index contributed by atoms with van der Waals surface area (Å²) in [6.45, 7) is 1.50. The highest BCUT2D eigenvalue weighted by Crippen LogP contribution is 2.22. The van der Waals surface area contributed by atoms with Crippen molar-refractivity contribution >= 4 is 5.91 Å². The van der Waals surface area contributed by atoms with E-state index in [9.17, 15) is 4.79 Å². The minimum Gasteiger partial charge on any atom is -0.343 e. The standard InChI is InChI=1S/C18H20N6O2/c25-17(23-10-8-15(9-11-23)24-12-19-20-13-24)7-6-16-21-18(22-26-16)14-4-2-1-3-5-14/h1-5,12-13,15H,6-11H2. The summed E-state index contributed by atoms with van der Waals surface area (Å²) >= 11 is 0. The normalized spacial score (nSPS) is 15.3. The highest BCUT2D eigenvalue weighted by molar-refractivity contribution is 5.76. The van der Waals surface area contributed by atoms with E-state index in [4.69, 9.17) is 4.52 Å². The van der Waals surface area contributed by atoms with Crippen molar-refractivity contribution in [3.05, 3.63) is 48.9 Å². The van der Waals surface area contributed by atoms with Crippen LogP contribution in [0.25, 0.3) is 11.4 Å². The van der Waals surface area contributed by atoms with E-state index in [0.29, 0.717) is 30.6 Å². The predicted molar refractivity (Wildman–Crippen MR) is 92.9 cm³/mol. The molecule has 0 bridgehead atoms. The number of rotatable bonds is 5. The summed E-state index contributed by atoms with van der Waals surface area (Å²) in [5.41, 5.74) is 0.907. The van der Waals surface area contributed by atoms with Gasteiger partial charge in [-0.05, 0) is 12.8 Å². The molecular formula is C18H20N6O2. The Kier molecular flexibility index (Phi) is 4.72. The monoisotopic (exact) mass is 352 g/mol. The molecule has 0 aliphatic carbocycles. The van der Waals surface area contributed by atoms with E-state index in [1.807, 2.05) is 39.8 Å². The van der Waals surface area contributed by atoms with Crippen molar-refractivity contribution in [3.8, 4) is 11.4 Å². The molecule has 134 valence electrons. The third-order valence-electron chi connectivity index (χ3n) is 4.73. The van der Waals surface area contributed by atoms with Crippen LogP contribution < -0.4 is 0 Å². The van der Waals surface area contributed by atoms with Crippen molar-refractivity contribution in [3.63, 3.8) is 0 Å². The number of hydrogen-bond acceptors (Lipinski definition) is 6. The molecule has 0 atom stereocenters. The van der Waals surface area contributed by atoms with E-state index in [1.54, 1.807) is 12.7 Å². The maximum absolute atomic E-state index is 12.4. The fraction of sp³-hybridized carbons (Fsp3) is 0.389. The van der Waals surface area contributed by atoms with Gasteiger partial charge in [-0.3, -0.25) is 4.79 Å². The van der Waals surface area contributed by atoms with Crippen molar-refractivity contribution in [2.45, 2.75) is 31.7 Å². The summed E-state index contributed by atoms with van der Waals surface area (Å²) in [7, 11) is 0. The molecule has 1 amide bonds. The first kappa shape index (κ1) is 16.4. The number of benzene rings is 1. The maximum atomic E-state index is 12.4. The Hall–Kier alpha value is -3.03. The lowest BCUT2D eigenvalue weighted by atomic mass is 10.0. The average molecular weight is 352 g/mol. The Labute approximate surface area is 150 Å². The van der Waals surface area contributed by atoms with Gasteiger partial charge in [0.25, 0.3) is 0 Å². The second kappa shape index (κ2) is 7.47. The SMILES string of the molecule is O=C(CCc1nc(-c2ccccc2)no1)N1CCC(n2cnnc2)CC1.